The van der Waals surface area contributed by atoms with E-state index in [1.807, 2.05) is 75.4 Å². The van der Waals surface area contributed by atoms with Gasteiger partial charge in [0.05, 0.1) is 0 Å². The van der Waals surface area contributed by atoms with Crippen molar-refractivity contribution >= 4 is 23.2 Å². The molecule has 4 heteroatoms. The monoisotopic (exact) mass is 384 g/mol. The molecular weight excluding hydrogens is 360 g/mol. The largest absolute Gasteiger partial charge is 0.321 e. The van der Waals surface area contributed by atoms with E-state index in [1.165, 1.54) is 0 Å². The molecular formula is C25H24N2O2. The quantitative estimate of drug-likeness (QED) is 0.605. The van der Waals surface area contributed by atoms with Gasteiger partial charge in [-0.1, -0.05) is 72.6 Å². The molecule has 0 aromatic heterocycles. The van der Waals surface area contributed by atoms with E-state index in [4.69, 9.17) is 0 Å². The highest BCUT2D eigenvalue weighted by molar-refractivity contribution is 6.46. The fourth-order valence-corrected chi connectivity index (χ4v) is 2.94. The molecule has 2 amide bonds. The van der Waals surface area contributed by atoms with E-state index in [1.54, 1.807) is 24.3 Å². The lowest BCUT2D eigenvalue weighted by Gasteiger charge is -2.16. The molecule has 4 nitrogen and oxygen atoms in total. The van der Waals surface area contributed by atoms with E-state index in [0.29, 0.717) is 11.3 Å². The minimum Gasteiger partial charge on any atom is -0.321 e. The predicted molar refractivity (Wildman–Crippen MR) is 118 cm³/mol. The second-order valence-corrected chi connectivity index (χ2v) is 7.12. The molecule has 146 valence electrons. The molecule has 0 saturated carbocycles. The van der Waals surface area contributed by atoms with E-state index in [0.717, 1.165) is 16.7 Å². The van der Waals surface area contributed by atoms with Gasteiger partial charge < -0.3 is 5.32 Å². The van der Waals surface area contributed by atoms with Crippen molar-refractivity contribution in [3.63, 3.8) is 0 Å². The fourth-order valence-electron chi connectivity index (χ4n) is 2.94. The van der Waals surface area contributed by atoms with Crippen molar-refractivity contribution < 1.29 is 9.59 Å². The van der Waals surface area contributed by atoms with Gasteiger partial charge in [0.1, 0.15) is 5.71 Å². The second-order valence-electron chi connectivity index (χ2n) is 7.12. The first-order valence-electron chi connectivity index (χ1n) is 9.56. The molecule has 1 atom stereocenters. The molecule has 3 aromatic rings. The highest BCUT2D eigenvalue weighted by Gasteiger charge is 2.23. The first-order chi connectivity index (χ1) is 13.9. The summed E-state index contributed by atoms with van der Waals surface area (Å²) in [5.74, 6) is -1.15. The average molecular weight is 384 g/mol. The number of amides is 2. The van der Waals surface area contributed by atoms with Gasteiger partial charge in [-0.3, -0.25) is 9.59 Å². The van der Waals surface area contributed by atoms with Crippen LogP contribution in [0.2, 0.25) is 0 Å². The van der Waals surface area contributed by atoms with E-state index in [2.05, 4.69) is 10.3 Å². The Balaban J connectivity index is 1.94. The molecule has 0 bridgehead atoms. The average Bonchev–Trinajstić information content (AvgIpc) is 2.74. The minimum absolute atomic E-state index is 0.184. The summed E-state index contributed by atoms with van der Waals surface area (Å²) in [5, 5.41) is 2.87. The van der Waals surface area contributed by atoms with Crippen LogP contribution in [0.3, 0.4) is 0 Å². The maximum atomic E-state index is 13.1. The Morgan fingerprint density at radius 3 is 1.93 bits per heavy atom. The Morgan fingerprint density at radius 1 is 0.793 bits per heavy atom. The summed E-state index contributed by atoms with van der Waals surface area (Å²) in [6.45, 7) is 5.87. The molecule has 0 saturated heterocycles. The molecule has 0 fully saturated rings. The van der Waals surface area contributed by atoms with Crippen molar-refractivity contribution in [1.82, 2.24) is 0 Å². The first-order valence-corrected chi connectivity index (χ1v) is 9.56. The summed E-state index contributed by atoms with van der Waals surface area (Å²) in [5.41, 5.74) is 4.45. The van der Waals surface area contributed by atoms with Gasteiger partial charge in [-0.25, -0.2) is 4.99 Å². The van der Waals surface area contributed by atoms with Crippen LogP contribution < -0.4 is 5.32 Å². The Hall–Kier alpha value is -3.53. The number of hydrogen-bond acceptors (Lipinski definition) is 2. The third-order valence-electron chi connectivity index (χ3n) is 4.77. The third-order valence-corrected chi connectivity index (χ3v) is 4.77. The van der Waals surface area contributed by atoms with Crippen LogP contribution >= 0.6 is 0 Å². The molecule has 1 unspecified atom stereocenters. The van der Waals surface area contributed by atoms with Crippen molar-refractivity contribution in [3.05, 3.63) is 101 Å². The molecule has 1 N–H and O–H groups in total. The summed E-state index contributed by atoms with van der Waals surface area (Å²) in [7, 11) is 0. The van der Waals surface area contributed by atoms with Gasteiger partial charge in [-0.15, -0.1) is 0 Å². The van der Waals surface area contributed by atoms with Crippen molar-refractivity contribution in [2.45, 2.75) is 26.7 Å². The topological polar surface area (TPSA) is 58.5 Å². The van der Waals surface area contributed by atoms with Gasteiger partial charge in [-0.05, 0) is 43.7 Å². The van der Waals surface area contributed by atoms with Crippen molar-refractivity contribution in [2.75, 3.05) is 5.32 Å². The molecule has 0 radical (unpaired) electrons. The summed E-state index contributed by atoms with van der Waals surface area (Å²) in [6, 6.07) is 24.2. The lowest BCUT2D eigenvalue weighted by atomic mass is 9.94. The van der Waals surface area contributed by atoms with E-state index < -0.39 is 5.91 Å². The third kappa shape index (κ3) is 5.26. The number of nitrogens with one attached hydrogen (secondary N) is 1. The normalized spacial score (nSPS) is 12.3. The SMILES string of the molecule is Cc1ccc(NC(=O)C(=NC(=O)c2ccccc2)C(C)c2ccc(C)cc2)cc1. The van der Waals surface area contributed by atoms with E-state index in [9.17, 15) is 9.59 Å². The number of anilines is 1. The van der Waals surface area contributed by atoms with Crippen LogP contribution in [-0.2, 0) is 4.79 Å². The lowest BCUT2D eigenvalue weighted by Crippen LogP contribution is -2.28. The molecule has 0 spiro atoms. The maximum absolute atomic E-state index is 13.1. The molecule has 0 aliphatic rings. The minimum atomic E-state index is -0.432. The standard InChI is InChI=1S/C25H24N2O2/c1-17-9-13-20(14-10-17)19(3)23(27-24(28)21-7-5-4-6-8-21)25(29)26-22-15-11-18(2)12-16-22/h4-16,19H,1-3H3,(H,26,29). The zero-order valence-corrected chi connectivity index (χ0v) is 16.8. The highest BCUT2D eigenvalue weighted by Crippen LogP contribution is 2.20. The van der Waals surface area contributed by atoms with Crippen molar-refractivity contribution in [2.24, 2.45) is 4.99 Å². The van der Waals surface area contributed by atoms with Crippen molar-refractivity contribution in [1.29, 1.82) is 0 Å². The van der Waals surface area contributed by atoms with Gasteiger partial charge in [0.2, 0.25) is 0 Å². The first kappa shape index (κ1) is 20.2. The molecule has 3 rings (SSSR count). The Morgan fingerprint density at radius 2 is 1.34 bits per heavy atom. The van der Waals surface area contributed by atoms with E-state index >= 15 is 0 Å². The smallest absolute Gasteiger partial charge is 0.277 e. The van der Waals surface area contributed by atoms with Gasteiger partial charge in [0.15, 0.2) is 0 Å². The summed E-state index contributed by atoms with van der Waals surface area (Å²) >= 11 is 0. The Kier molecular flexibility index (Phi) is 6.35. The Labute approximate surface area is 171 Å². The van der Waals surface area contributed by atoms with Gasteiger partial charge in [-0.2, -0.15) is 0 Å². The number of hydrogen-bond donors (Lipinski definition) is 1. The fraction of sp³-hybridized carbons (Fsp3) is 0.160. The zero-order chi connectivity index (χ0) is 20.8. The van der Waals surface area contributed by atoms with Crippen molar-refractivity contribution in [3.8, 4) is 0 Å². The number of carbonyl (C=O) groups excluding carboxylic acids is 2. The maximum Gasteiger partial charge on any atom is 0.277 e. The number of aryl methyl sites for hydroxylation is 2. The molecule has 3 aromatic carbocycles. The van der Waals surface area contributed by atoms with Crippen LogP contribution in [0.1, 0.15) is 39.9 Å². The Bertz CT molecular complexity index is 1020. The zero-order valence-electron chi connectivity index (χ0n) is 16.8. The second kappa shape index (κ2) is 9.11. The number of aliphatic imine (C=N–C) groups is 1. The summed E-state index contributed by atoms with van der Waals surface area (Å²) in [4.78, 5) is 30.0. The number of nitrogens with zero attached hydrogens (tertiary/aromatic N) is 1. The van der Waals surface area contributed by atoms with Gasteiger partial charge in [0.25, 0.3) is 11.8 Å². The molecule has 29 heavy (non-hydrogen) atoms. The van der Waals surface area contributed by atoms with Crippen LogP contribution in [0, 0.1) is 13.8 Å². The molecule has 0 aliphatic carbocycles. The number of benzene rings is 3. The van der Waals surface area contributed by atoms with Crippen LogP contribution in [0.25, 0.3) is 0 Å². The lowest BCUT2D eigenvalue weighted by molar-refractivity contribution is -0.110. The van der Waals surface area contributed by atoms with Gasteiger partial charge in [0, 0.05) is 17.2 Å². The summed E-state index contributed by atoms with van der Waals surface area (Å²) < 4.78 is 0. The molecule has 0 heterocycles. The van der Waals surface area contributed by atoms with Gasteiger partial charge >= 0.3 is 0 Å². The molecule has 0 aliphatic heterocycles. The van der Waals surface area contributed by atoms with Crippen LogP contribution in [0.4, 0.5) is 5.69 Å². The van der Waals surface area contributed by atoms with Crippen LogP contribution in [0.5, 0.6) is 0 Å². The number of carbonyl (C=O) groups is 2. The highest BCUT2D eigenvalue weighted by atomic mass is 16.2. The summed E-state index contributed by atoms with van der Waals surface area (Å²) in [6.07, 6.45) is 0. The number of rotatable bonds is 5. The predicted octanol–water partition coefficient (Wildman–Crippen LogP) is 5.33. The van der Waals surface area contributed by atoms with E-state index in [-0.39, 0.29) is 17.5 Å². The van der Waals surface area contributed by atoms with Crippen LogP contribution in [0.15, 0.2) is 83.9 Å². The van der Waals surface area contributed by atoms with Crippen LogP contribution in [-0.4, -0.2) is 17.5 Å².